The third-order valence-electron chi connectivity index (χ3n) is 15.1. The van der Waals surface area contributed by atoms with E-state index in [2.05, 4.69) is 265 Å². The number of rotatable bonds is 15. The van der Waals surface area contributed by atoms with Crippen molar-refractivity contribution >= 4 is 148 Å². The van der Waals surface area contributed by atoms with Crippen LogP contribution < -0.4 is 41.2 Å². The van der Waals surface area contributed by atoms with E-state index in [1.807, 2.05) is 0 Å². The molecule has 1 amide bonds. The Kier molecular flexibility index (Phi) is 66.6. The quantitative estimate of drug-likeness (QED) is 0.0287. The van der Waals surface area contributed by atoms with Gasteiger partial charge in [0, 0.05) is 49.5 Å². The molecule has 5 aromatic heterocycles. The van der Waals surface area contributed by atoms with E-state index in [0.29, 0.717) is 76.1 Å². The SMILES string of the molecule is C#CC#CC#CC#CC#CC#CC#CC.C1CNC1.CC#CC#CC#CC#CC#CC#CC#CC.CCN(C(C)C)C(C)C.CCN(CC)CC.CCOC(=O)C(=O)Cl.CCOC(=O)c1nc2cccnc2n1-c1ccc(C#N)c(F)c1.Cl.Nc1cccnc1Nc1ccc(Cl)c(F)c1.O=C(c1nc2cccnc2n1-c1ccc(Cl)c(F)c1)N1CCC1.[Ca+2].[Cl-].[Cl-]. The molecule has 0 radical (unpaired) electrons. The van der Waals surface area contributed by atoms with E-state index in [0.717, 1.165) is 19.0 Å². The molecular weight excluding hydrogens is 1740 g/mol. The maximum atomic E-state index is 13.9. The normalized spacial score (nSPS) is 9.50. The number of nitrogen functional groups attached to an aromatic ring is 1. The summed E-state index contributed by atoms with van der Waals surface area (Å²) >= 11 is 16.0. The number of carbonyl (C=O) groups excluding carboxylic acids is 4. The Labute approximate surface area is 796 Å². The fourth-order valence-electron chi connectivity index (χ4n) is 9.22. The van der Waals surface area contributed by atoms with Crippen LogP contribution in [-0.2, 0) is 19.1 Å². The Morgan fingerprint density at radius 2 is 0.952 bits per heavy atom. The van der Waals surface area contributed by atoms with Gasteiger partial charge in [-0.25, -0.2) is 47.7 Å². The number of carbonyl (C=O) groups is 4. The van der Waals surface area contributed by atoms with Gasteiger partial charge >= 0.3 is 54.9 Å². The molecule has 640 valence electrons. The summed E-state index contributed by atoms with van der Waals surface area (Å²) in [4.78, 5) is 72.3. The average molecular weight is 1830 g/mol. The van der Waals surface area contributed by atoms with Crippen molar-refractivity contribution in [1.29, 1.82) is 5.26 Å². The minimum Gasteiger partial charge on any atom is -1.00 e. The standard InChI is InChI=1S/C16H12ClFN4O.C16H11FN4O2.C16H6.C15H4.C11H9ClFN3.C8H19N.C6H15N.C4H5ClO3.C3H7N.Ca.3ClH/c17-11-5-4-10(9-12(11)18)22-14-13(3-1-6-19-14)20-15(22)16(23)21-7-2-8-21;1-2-23-16(22)15-20-13-4-3-7-19-14(13)21(15)11-6-5-10(9-18)12(17)8-11;1-3-5-7-9-11-13-15-16-14-12-10-8-6-4-2;1-3-5-7-9-11-13-15-14-12-10-8-6-4-2;12-8-4-3-7(6-9(8)13)16-11-10(14)2-1-5-15-11;1-6-9(7(2)3)8(4)5;1-4-7(5-2)6-3;1-2-8-4(7)3(5)6;1-2-4-3-1;;;;/h1,3-6,9H,2,7-8H2;3-8H,2H2,1H3;1-2H3;1H,2H3;1-6H,14H2,(H,15,16);7-8H,6H2,1-5H3;4-6H2,1-3H3;2H2,1H3;4H,1-3H2;;3*1H/q;;;;;;;;;+2;;;/p-2. The number of pyridine rings is 3. The smallest absolute Gasteiger partial charge is 1.00 e. The van der Waals surface area contributed by atoms with Gasteiger partial charge in [0.2, 0.25) is 11.6 Å². The Morgan fingerprint density at radius 1 is 0.560 bits per heavy atom. The molecule has 4 N–H and O–H groups in total. The maximum Gasteiger partial charge on any atom is 2.00 e. The number of likely N-dealkylation sites (tertiary alicyclic amines) is 1. The summed E-state index contributed by atoms with van der Waals surface area (Å²) in [6.07, 6.45) is 12.0. The molecule has 2 saturated heterocycles. The first-order valence-electron chi connectivity index (χ1n) is 37.4. The molecule has 7 heterocycles. The minimum absolute atomic E-state index is 0. The summed E-state index contributed by atoms with van der Waals surface area (Å²) in [5.74, 6) is 64.7. The van der Waals surface area contributed by atoms with Gasteiger partial charge in [0.1, 0.15) is 34.6 Å². The van der Waals surface area contributed by atoms with Crippen LogP contribution >= 0.6 is 47.2 Å². The summed E-state index contributed by atoms with van der Waals surface area (Å²) in [5, 5.41) is 13.9. The van der Waals surface area contributed by atoms with Crippen LogP contribution in [0.25, 0.3) is 33.7 Å². The Balaban J connectivity index is -0.00000138. The first-order valence-corrected chi connectivity index (χ1v) is 38.5. The zero-order chi connectivity index (χ0) is 89.5. The van der Waals surface area contributed by atoms with Crippen molar-refractivity contribution in [3.05, 3.63) is 154 Å². The van der Waals surface area contributed by atoms with Crippen molar-refractivity contribution in [3.8, 4) is 184 Å². The Hall–Kier alpha value is -12.3. The van der Waals surface area contributed by atoms with E-state index in [1.165, 1.54) is 80.1 Å². The number of hydrogen-bond acceptors (Lipinski definition) is 17. The average Bonchev–Trinajstić information content (AvgIpc) is 1.63. The summed E-state index contributed by atoms with van der Waals surface area (Å²) < 4.78 is 53.1. The van der Waals surface area contributed by atoms with Crippen LogP contribution in [0.4, 0.5) is 30.4 Å². The molecule has 0 aliphatic carbocycles. The number of anilines is 3. The molecule has 2 fully saturated rings. The fraction of sp³-hybridized carbons (Fsp3) is 0.284. The van der Waals surface area contributed by atoms with Crippen LogP contribution in [0.3, 0.4) is 0 Å². The summed E-state index contributed by atoms with van der Waals surface area (Å²) in [5.41, 5.74) is 9.46. The number of nitriles is 1. The second kappa shape index (κ2) is 71.2. The number of nitrogens with one attached hydrogen (secondary N) is 2. The van der Waals surface area contributed by atoms with Crippen LogP contribution in [0, 0.1) is 195 Å². The maximum absolute atomic E-state index is 13.9. The molecule has 2 aliphatic rings. The molecule has 0 spiro atoms. The molecule has 20 nitrogen and oxygen atoms in total. The number of terminal acetylenes is 1. The van der Waals surface area contributed by atoms with Gasteiger partial charge in [-0.15, -0.1) is 18.8 Å². The summed E-state index contributed by atoms with van der Waals surface area (Å²) in [7, 11) is 0. The molecule has 0 unspecified atom stereocenters. The van der Waals surface area contributed by atoms with Gasteiger partial charge in [-0.1, -0.05) is 68.7 Å². The monoisotopic (exact) mass is 1830 g/mol. The predicted molar refractivity (Wildman–Crippen MR) is 488 cm³/mol. The van der Waals surface area contributed by atoms with Crippen molar-refractivity contribution < 1.29 is 66.6 Å². The number of nitrogens with two attached hydrogens (primary N) is 1. The molecule has 0 saturated carbocycles. The van der Waals surface area contributed by atoms with Gasteiger partial charge < -0.3 is 60.5 Å². The van der Waals surface area contributed by atoms with E-state index in [4.69, 9.17) is 57.0 Å². The van der Waals surface area contributed by atoms with Crippen LogP contribution in [0.2, 0.25) is 10.0 Å². The second-order valence-corrected chi connectivity index (χ2v) is 24.8. The van der Waals surface area contributed by atoms with Gasteiger partial charge in [-0.2, -0.15) is 5.26 Å². The zero-order valence-corrected chi connectivity index (χ0v) is 78.0. The zero-order valence-electron chi connectivity index (χ0n) is 71.2. The second-order valence-electron chi connectivity index (χ2n) is 23.7. The molecular formula is C95H89CaCl6F3N14O6. The number of amides is 1. The number of halogens is 9. The van der Waals surface area contributed by atoms with Crippen molar-refractivity contribution in [2.24, 2.45) is 0 Å². The summed E-state index contributed by atoms with van der Waals surface area (Å²) in [6, 6.07) is 26.3. The van der Waals surface area contributed by atoms with E-state index < -0.39 is 34.6 Å². The van der Waals surface area contributed by atoms with Crippen LogP contribution in [0.1, 0.15) is 130 Å². The van der Waals surface area contributed by atoms with Crippen molar-refractivity contribution in [3.63, 3.8) is 0 Å². The third-order valence-corrected chi connectivity index (χ3v) is 15.8. The van der Waals surface area contributed by atoms with Gasteiger partial charge in [0.05, 0.1) is 45.9 Å². The largest absolute Gasteiger partial charge is 2.00 e. The molecule has 3 aromatic carbocycles. The van der Waals surface area contributed by atoms with E-state index >= 15 is 0 Å². The minimum atomic E-state index is -1.08. The summed E-state index contributed by atoms with van der Waals surface area (Å²) in [6.45, 7) is 35.2. The predicted octanol–water partition coefficient (Wildman–Crippen LogP) is 8.39. The number of imidazole rings is 2. The van der Waals surface area contributed by atoms with Gasteiger partial charge in [0.25, 0.3) is 5.91 Å². The van der Waals surface area contributed by atoms with Crippen molar-refractivity contribution in [2.45, 2.75) is 115 Å². The Bertz CT molecular complexity index is 5780. The molecule has 125 heavy (non-hydrogen) atoms. The topological polar surface area (TPSA) is 245 Å². The van der Waals surface area contributed by atoms with E-state index in [-0.39, 0.29) is 121 Å². The van der Waals surface area contributed by atoms with Crippen molar-refractivity contribution in [2.75, 3.05) is 76.6 Å². The van der Waals surface area contributed by atoms with E-state index in [1.54, 1.807) is 117 Å². The third kappa shape index (κ3) is 46.2. The molecule has 0 bridgehead atoms. The van der Waals surface area contributed by atoms with Crippen LogP contribution in [0.15, 0.2) is 110 Å². The molecule has 0 atom stereocenters. The van der Waals surface area contributed by atoms with Crippen LogP contribution in [-0.4, -0.2) is 187 Å². The molecule has 2 aliphatic heterocycles. The number of benzene rings is 3. The number of fused-ring (bicyclic) bond motifs is 2. The van der Waals surface area contributed by atoms with Gasteiger partial charge in [0.15, 0.2) is 17.1 Å². The van der Waals surface area contributed by atoms with Gasteiger partial charge in [-0.3, -0.25) is 23.6 Å². The number of aromatic nitrogens is 7. The van der Waals surface area contributed by atoms with E-state index in [9.17, 15) is 32.3 Å². The van der Waals surface area contributed by atoms with Crippen LogP contribution in [0.5, 0.6) is 0 Å². The fourth-order valence-corrected chi connectivity index (χ4v) is 9.51. The van der Waals surface area contributed by atoms with Crippen molar-refractivity contribution in [1.82, 2.24) is 54.1 Å². The molecule has 30 heteroatoms. The number of esters is 2. The Morgan fingerprint density at radius 3 is 1.28 bits per heavy atom. The van der Waals surface area contributed by atoms with Gasteiger partial charge in [-0.05, 0) is 359 Å². The number of ether oxygens (including phenoxy) is 2. The number of hydrogen-bond donors (Lipinski definition) is 3. The molecule has 10 rings (SSSR count). The first-order chi connectivity index (χ1) is 58.4. The number of nitrogens with zero attached hydrogens (tertiary/aromatic N) is 11. The molecule has 8 aromatic rings. The first kappa shape index (κ1) is 117.